The van der Waals surface area contributed by atoms with Gasteiger partial charge in [-0.15, -0.1) is 0 Å². The van der Waals surface area contributed by atoms with E-state index in [1.54, 1.807) is 6.20 Å². The van der Waals surface area contributed by atoms with E-state index in [1.165, 1.54) is 0 Å². The topological polar surface area (TPSA) is 64.5 Å². The summed E-state index contributed by atoms with van der Waals surface area (Å²) in [5, 5.41) is 0. The lowest BCUT2D eigenvalue weighted by Gasteiger charge is -2.11. The Morgan fingerprint density at radius 2 is 0.881 bits per heavy atom. The van der Waals surface area contributed by atoms with Gasteiger partial charge in [0.25, 0.3) is 0 Å². The molecule has 7 aromatic rings. The molecule has 0 N–H and O–H groups in total. The Labute approximate surface area is 244 Å². The fourth-order valence-corrected chi connectivity index (χ4v) is 4.87. The molecule has 4 aromatic heterocycles. The molecule has 0 saturated heterocycles. The van der Waals surface area contributed by atoms with Gasteiger partial charge in [0, 0.05) is 29.1 Å². The molecule has 0 amide bonds. The Morgan fingerprint density at radius 3 is 1.48 bits per heavy atom. The van der Waals surface area contributed by atoms with Gasteiger partial charge < -0.3 is 0 Å². The molecule has 5 heteroatoms. The first-order chi connectivity index (χ1) is 20.8. The second-order valence-corrected chi connectivity index (χ2v) is 9.83. The Morgan fingerprint density at radius 1 is 0.310 bits per heavy atom. The summed E-state index contributed by atoms with van der Waals surface area (Å²) in [6.45, 7) is 0. The Balaban J connectivity index is 1.31. The molecule has 0 aliphatic carbocycles. The van der Waals surface area contributed by atoms with E-state index in [4.69, 9.17) is 19.9 Å². The van der Waals surface area contributed by atoms with Crippen molar-refractivity contribution in [2.75, 3.05) is 0 Å². The number of hydrogen-bond donors (Lipinski definition) is 0. The Bertz CT molecular complexity index is 1680. The SMILES string of the molecule is c1ccc(-c2cc(-c3ccccn3)nc(-c3ccc(-c4cc(-c5ccccc5)nc(-c5ccccc5)n4)cn3)c2)cc1. The van der Waals surface area contributed by atoms with Gasteiger partial charge in [-0.25, -0.2) is 15.0 Å². The average Bonchev–Trinajstić information content (AvgIpc) is 3.09. The lowest BCUT2D eigenvalue weighted by Crippen LogP contribution is -1.97. The summed E-state index contributed by atoms with van der Waals surface area (Å²) in [6.07, 6.45) is 3.65. The standard InChI is InChI=1S/C37H25N5/c1-4-12-26(13-5-1)30-22-35(31-18-10-11-21-38-31)40-36(23-30)32-20-19-29(25-39-32)34-24-33(27-14-6-2-7-15-27)41-37(42-34)28-16-8-3-9-17-28/h1-25H. The summed E-state index contributed by atoms with van der Waals surface area (Å²) < 4.78 is 0. The van der Waals surface area contributed by atoms with Crippen molar-refractivity contribution in [2.24, 2.45) is 0 Å². The maximum absolute atomic E-state index is 4.96. The van der Waals surface area contributed by atoms with Crippen molar-refractivity contribution in [3.8, 4) is 67.8 Å². The first-order valence-electron chi connectivity index (χ1n) is 13.8. The van der Waals surface area contributed by atoms with Crippen molar-refractivity contribution in [3.63, 3.8) is 0 Å². The molecule has 0 atom stereocenters. The Kier molecular flexibility index (Phi) is 6.81. The molecular formula is C37H25N5. The number of aromatic nitrogens is 5. The lowest BCUT2D eigenvalue weighted by atomic mass is 10.0. The summed E-state index contributed by atoms with van der Waals surface area (Å²) in [4.78, 5) is 24.2. The third-order valence-electron chi connectivity index (χ3n) is 7.01. The quantitative estimate of drug-likeness (QED) is 0.212. The molecule has 0 unspecified atom stereocenters. The summed E-state index contributed by atoms with van der Waals surface area (Å²) in [5.41, 5.74) is 9.90. The second kappa shape index (κ2) is 11.4. The van der Waals surface area contributed by atoms with Crippen LogP contribution in [-0.4, -0.2) is 24.9 Å². The van der Waals surface area contributed by atoms with E-state index in [9.17, 15) is 0 Å². The smallest absolute Gasteiger partial charge is 0.160 e. The fraction of sp³-hybridized carbons (Fsp3) is 0. The maximum Gasteiger partial charge on any atom is 0.160 e. The molecule has 3 aromatic carbocycles. The van der Waals surface area contributed by atoms with Crippen LogP contribution in [0.15, 0.2) is 152 Å². The first kappa shape index (κ1) is 25.2. The van der Waals surface area contributed by atoms with Crippen LogP contribution < -0.4 is 0 Å². The number of hydrogen-bond acceptors (Lipinski definition) is 5. The van der Waals surface area contributed by atoms with E-state index >= 15 is 0 Å². The minimum atomic E-state index is 0.674. The summed E-state index contributed by atoms with van der Waals surface area (Å²) in [7, 11) is 0. The normalized spacial score (nSPS) is 10.9. The highest BCUT2D eigenvalue weighted by molar-refractivity contribution is 5.76. The molecule has 0 aliphatic heterocycles. The predicted octanol–water partition coefficient (Wildman–Crippen LogP) is 8.66. The van der Waals surface area contributed by atoms with Crippen LogP contribution in [0, 0.1) is 0 Å². The van der Waals surface area contributed by atoms with Crippen LogP contribution in [0.25, 0.3) is 67.8 Å². The van der Waals surface area contributed by atoms with E-state index in [1.807, 2.05) is 109 Å². The van der Waals surface area contributed by atoms with Crippen LogP contribution in [0.1, 0.15) is 0 Å². The molecule has 0 saturated carbocycles. The molecule has 0 fully saturated rings. The summed E-state index contributed by atoms with van der Waals surface area (Å²) >= 11 is 0. The third-order valence-corrected chi connectivity index (χ3v) is 7.01. The van der Waals surface area contributed by atoms with Crippen LogP contribution in [-0.2, 0) is 0 Å². The molecule has 0 spiro atoms. The average molecular weight is 540 g/mol. The van der Waals surface area contributed by atoms with Crippen molar-refractivity contribution in [2.45, 2.75) is 0 Å². The molecule has 0 radical (unpaired) electrons. The van der Waals surface area contributed by atoms with Crippen molar-refractivity contribution < 1.29 is 0 Å². The molecule has 5 nitrogen and oxygen atoms in total. The minimum Gasteiger partial charge on any atom is -0.255 e. The van der Waals surface area contributed by atoms with Gasteiger partial charge in [-0.2, -0.15) is 0 Å². The maximum atomic E-state index is 4.96. The number of nitrogens with zero attached hydrogens (tertiary/aromatic N) is 5. The van der Waals surface area contributed by atoms with Gasteiger partial charge in [-0.05, 0) is 53.6 Å². The van der Waals surface area contributed by atoms with Crippen LogP contribution in [0.4, 0.5) is 0 Å². The largest absolute Gasteiger partial charge is 0.255 e. The van der Waals surface area contributed by atoms with Crippen molar-refractivity contribution in [1.29, 1.82) is 0 Å². The van der Waals surface area contributed by atoms with Gasteiger partial charge in [0.05, 0.1) is 34.2 Å². The monoisotopic (exact) mass is 539 g/mol. The van der Waals surface area contributed by atoms with E-state index < -0.39 is 0 Å². The molecule has 198 valence electrons. The van der Waals surface area contributed by atoms with Crippen LogP contribution >= 0.6 is 0 Å². The predicted molar refractivity (Wildman–Crippen MR) is 168 cm³/mol. The van der Waals surface area contributed by atoms with E-state index in [2.05, 4.69) is 41.4 Å². The summed E-state index contributed by atoms with van der Waals surface area (Å²) in [5.74, 6) is 0.674. The zero-order chi connectivity index (χ0) is 28.1. The highest BCUT2D eigenvalue weighted by Gasteiger charge is 2.13. The van der Waals surface area contributed by atoms with E-state index in [0.29, 0.717) is 5.82 Å². The van der Waals surface area contributed by atoms with E-state index in [-0.39, 0.29) is 0 Å². The van der Waals surface area contributed by atoms with Gasteiger partial charge in [-0.3, -0.25) is 9.97 Å². The fourth-order valence-electron chi connectivity index (χ4n) is 4.87. The van der Waals surface area contributed by atoms with Gasteiger partial charge >= 0.3 is 0 Å². The number of rotatable bonds is 6. The second-order valence-electron chi connectivity index (χ2n) is 9.83. The number of benzene rings is 3. The Hall–Kier alpha value is -5.81. The molecule has 0 aliphatic rings. The molecule has 7 rings (SSSR count). The molecular weight excluding hydrogens is 514 g/mol. The van der Waals surface area contributed by atoms with Gasteiger partial charge in [-0.1, -0.05) is 97.1 Å². The number of pyridine rings is 3. The van der Waals surface area contributed by atoms with Crippen LogP contribution in [0.5, 0.6) is 0 Å². The minimum absolute atomic E-state index is 0.674. The van der Waals surface area contributed by atoms with Crippen LogP contribution in [0.3, 0.4) is 0 Å². The summed E-state index contributed by atoms with van der Waals surface area (Å²) in [6, 6.07) is 46.6. The zero-order valence-corrected chi connectivity index (χ0v) is 22.7. The third kappa shape index (κ3) is 5.31. The van der Waals surface area contributed by atoms with Crippen molar-refractivity contribution >= 4 is 0 Å². The van der Waals surface area contributed by atoms with E-state index in [0.717, 1.165) is 62.0 Å². The van der Waals surface area contributed by atoms with Crippen LogP contribution in [0.2, 0.25) is 0 Å². The lowest BCUT2D eigenvalue weighted by molar-refractivity contribution is 1.17. The van der Waals surface area contributed by atoms with Gasteiger partial charge in [0.1, 0.15) is 0 Å². The zero-order valence-electron chi connectivity index (χ0n) is 22.7. The molecule has 0 bridgehead atoms. The highest BCUT2D eigenvalue weighted by Crippen LogP contribution is 2.31. The van der Waals surface area contributed by atoms with Crippen molar-refractivity contribution in [1.82, 2.24) is 24.9 Å². The first-order valence-corrected chi connectivity index (χ1v) is 13.8. The highest BCUT2D eigenvalue weighted by atomic mass is 14.9. The molecule has 4 heterocycles. The molecule has 42 heavy (non-hydrogen) atoms. The van der Waals surface area contributed by atoms with Gasteiger partial charge in [0.15, 0.2) is 5.82 Å². The van der Waals surface area contributed by atoms with Crippen molar-refractivity contribution in [3.05, 3.63) is 152 Å². The van der Waals surface area contributed by atoms with Gasteiger partial charge in [0.2, 0.25) is 0 Å².